The van der Waals surface area contributed by atoms with E-state index in [0.717, 1.165) is 38.4 Å². The van der Waals surface area contributed by atoms with Gasteiger partial charge in [0.2, 0.25) is 0 Å². The van der Waals surface area contributed by atoms with Gasteiger partial charge in [0.15, 0.2) is 0 Å². The summed E-state index contributed by atoms with van der Waals surface area (Å²) < 4.78 is 0. The molecule has 0 amide bonds. The molecule has 0 heterocycles. The Morgan fingerprint density at radius 2 is 1.50 bits per heavy atom. The fraction of sp³-hybridized carbons (Fsp3) is 1.00. The summed E-state index contributed by atoms with van der Waals surface area (Å²) in [6, 6.07) is 0. The van der Waals surface area contributed by atoms with Gasteiger partial charge in [0.25, 0.3) is 0 Å². The average molecular weight is 135 g/mol. The van der Waals surface area contributed by atoms with Crippen molar-refractivity contribution in [2.45, 2.75) is 31.9 Å². The highest BCUT2D eigenvalue weighted by Gasteiger charge is 2.03. The van der Waals surface area contributed by atoms with E-state index in [2.05, 4.69) is 0 Å². The number of hydrogen-bond acceptors (Lipinski definition) is 1. The van der Waals surface area contributed by atoms with Crippen LogP contribution in [0.1, 0.15) is 19.3 Å². The minimum atomic E-state index is 0.653. The molecule has 3 heteroatoms. The molecule has 0 unspecified atom stereocenters. The second-order valence-electron chi connectivity index (χ2n) is 2.60. The fourth-order valence-corrected chi connectivity index (χ4v) is 1.14. The molecule has 0 aliphatic carbocycles. The predicted molar refractivity (Wildman–Crippen MR) is 47.5 cm³/mol. The maximum atomic E-state index is 5.41. The predicted octanol–water partition coefficient (Wildman–Crippen LogP) is 0.905. The number of rotatable bonds is 6. The molecule has 0 aromatic heterocycles. The van der Waals surface area contributed by atoms with Crippen LogP contribution in [0, 0.1) is 5.92 Å². The van der Waals surface area contributed by atoms with Gasteiger partial charge in [-0.1, -0.05) is 25.5 Å². The van der Waals surface area contributed by atoms with Crippen molar-refractivity contribution in [3.05, 3.63) is 0 Å². The van der Waals surface area contributed by atoms with Crippen LogP contribution in [0.3, 0.4) is 0 Å². The van der Waals surface area contributed by atoms with Crippen molar-refractivity contribution in [2.75, 3.05) is 6.54 Å². The second-order valence-corrected chi connectivity index (χ2v) is 2.60. The monoisotopic (exact) mass is 135 g/mol. The summed E-state index contributed by atoms with van der Waals surface area (Å²) in [5.41, 5.74) is 5.41. The van der Waals surface area contributed by atoms with Crippen LogP contribution in [0.25, 0.3) is 0 Å². The Labute approximate surface area is 66.6 Å². The van der Waals surface area contributed by atoms with Gasteiger partial charge in [-0.15, -0.1) is 0 Å². The lowest BCUT2D eigenvalue weighted by Gasteiger charge is -2.12. The lowest BCUT2D eigenvalue weighted by molar-refractivity contribution is 0.463. The molecule has 0 saturated carbocycles. The molecule has 10 heavy (non-hydrogen) atoms. The Bertz CT molecular complexity index is 54.4. The summed E-state index contributed by atoms with van der Waals surface area (Å²) in [7, 11) is 10.8. The minimum absolute atomic E-state index is 0.653. The molecule has 2 N–H and O–H groups in total. The first-order valence-corrected chi connectivity index (χ1v) is 3.95. The quantitative estimate of drug-likeness (QED) is 0.538. The van der Waals surface area contributed by atoms with E-state index in [1.54, 1.807) is 0 Å². The molecule has 0 aromatic carbocycles. The van der Waals surface area contributed by atoms with Crippen LogP contribution in [-0.4, -0.2) is 22.2 Å². The fourth-order valence-electron chi connectivity index (χ4n) is 1.14. The molecule has 54 valence electrons. The van der Waals surface area contributed by atoms with Crippen LogP contribution in [0.5, 0.6) is 0 Å². The lowest BCUT2D eigenvalue weighted by atomic mass is 9.85. The first-order chi connectivity index (χ1) is 4.85. The Morgan fingerprint density at radius 3 is 1.80 bits per heavy atom. The molecular weight excluding hydrogens is 120 g/mol. The zero-order valence-electron chi connectivity index (χ0n) is 6.55. The Kier molecular flexibility index (Phi) is 7.26. The summed E-state index contributed by atoms with van der Waals surface area (Å²) in [6.45, 7) is 0.755. The van der Waals surface area contributed by atoms with E-state index in [1.165, 1.54) is 0 Å². The lowest BCUT2D eigenvalue weighted by Crippen LogP contribution is -2.08. The highest BCUT2D eigenvalue weighted by Crippen LogP contribution is 2.15. The first kappa shape index (κ1) is 10.1. The second kappa shape index (κ2) is 7.20. The summed E-state index contributed by atoms with van der Waals surface area (Å²) in [5, 5.41) is 0. The third-order valence-electron chi connectivity index (χ3n) is 1.72. The zero-order chi connectivity index (χ0) is 7.82. The van der Waals surface area contributed by atoms with Crippen molar-refractivity contribution in [1.82, 2.24) is 0 Å². The molecule has 0 fully saturated rings. The van der Waals surface area contributed by atoms with Gasteiger partial charge in [-0.25, -0.2) is 0 Å². The normalized spacial score (nSPS) is 10.6. The van der Waals surface area contributed by atoms with Crippen LogP contribution in [0.4, 0.5) is 0 Å². The summed E-state index contributed by atoms with van der Waals surface area (Å²) in [5.74, 6) is 0.653. The molecule has 0 saturated heterocycles. The Hall–Kier alpha value is 0.0899. The number of nitrogens with two attached hydrogens (primary N) is 1. The van der Waals surface area contributed by atoms with Crippen molar-refractivity contribution in [3.8, 4) is 0 Å². The highest BCUT2D eigenvalue weighted by molar-refractivity contribution is 6.08. The van der Waals surface area contributed by atoms with Crippen molar-refractivity contribution >= 4 is 15.7 Å². The molecule has 4 radical (unpaired) electrons. The van der Waals surface area contributed by atoms with Crippen molar-refractivity contribution in [1.29, 1.82) is 0 Å². The van der Waals surface area contributed by atoms with Gasteiger partial charge < -0.3 is 5.73 Å². The summed E-state index contributed by atoms with van der Waals surface area (Å²) in [6.07, 6.45) is 4.70. The maximum absolute atomic E-state index is 5.41. The number of hydrogen-bond donors (Lipinski definition) is 1. The summed E-state index contributed by atoms with van der Waals surface area (Å²) in [4.78, 5) is 0. The molecule has 0 atom stereocenters. The summed E-state index contributed by atoms with van der Waals surface area (Å²) >= 11 is 0. The third kappa shape index (κ3) is 4.92. The molecule has 1 nitrogen and oxygen atoms in total. The van der Waals surface area contributed by atoms with Crippen LogP contribution < -0.4 is 5.73 Å². The van der Waals surface area contributed by atoms with Crippen molar-refractivity contribution < 1.29 is 0 Å². The van der Waals surface area contributed by atoms with Crippen LogP contribution in [0.15, 0.2) is 0 Å². The standard InChI is InChI=1S/C7H15B2N/c8-4-1-7(2-5-9)3-6-10/h7H,1-6,10H2. The highest BCUT2D eigenvalue weighted by atomic mass is 14.5. The van der Waals surface area contributed by atoms with E-state index in [0.29, 0.717) is 5.92 Å². The van der Waals surface area contributed by atoms with Gasteiger partial charge in [-0.05, 0) is 18.9 Å². The Morgan fingerprint density at radius 1 is 1.00 bits per heavy atom. The van der Waals surface area contributed by atoms with E-state index in [9.17, 15) is 0 Å². The van der Waals surface area contributed by atoms with Gasteiger partial charge >= 0.3 is 0 Å². The Balaban J connectivity index is 3.30. The van der Waals surface area contributed by atoms with Gasteiger partial charge in [-0.3, -0.25) is 0 Å². The van der Waals surface area contributed by atoms with E-state index in [-0.39, 0.29) is 0 Å². The van der Waals surface area contributed by atoms with E-state index in [1.807, 2.05) is 0 Å². The topological polar surface area (TPSA) is 26.0 Å². The van der Waals surface area contributed by atoms with Crippen LogP contribution >= 0.6 is 0 Å². The van der Waals surface area contributed by atoms with E-state index < -0.39 is 0 Å². The smallest absolute Gasteiger partial charge is 0.0653 e. The first-order valence-electron chi connectivity index (χ1n) is 3.95. The molecule has 0 rings (SSSR count). The molecule has 0 bridgehead atoms. The molecule has 0 aliphatic heterocycles. The van der Waals surface area contributed by atoms with Crippen LogP contribution in [-0.2, 0) is 0 Å². The van der Waals surface area contributed by atoms with Gasteiger partial charge in [0.05, 0.1) is 15.7 Å². The largest absolute Gasteiger partial charge is 0.330 e. The van der Waals surface area contributed by atoms with Gasteiger partial charge in [0, 0.05) is 0 Å². The molecule has 0 aromatic rings. The molecular formula is C7H15B2N. The average Bonchev–Trinajstić information content (AvgIpc) is 1.90. The van der Waals surface area contributed by atoms with Gasteiger partial charge in [0.1, 0.15) is 0 Å². The molecule has 0 spiro atoms. The SMILES string of the molecule is [B]CCC(CC[B])CCN. The maximum Gasteiger partial charge on any atom is 0.0653 e. The molecule has 0 aliphatic rings. The van der Waals surface area contributed by atoms with Gasteiger partial charge in [-0.2, -0.15) is 0 Å². The zero-order valence-corrected chi connectivity index (χ0v) is 6.55. The third-order valence-corrected chi connectivity index (χ3v) is 1.72. The van der Waals surface area contributed by atoms with E-state index in [4.69, 9.17) is 21.4 Å². The minimum Gasteiger partial charge on any atom is -0.330 e. The van der Waals surface area contributed by atoms with Crippen molar-refractivity contribution in [2.24, 2.45) is 11.7 Å². The van der Waals surface area contributed by atoms with Crippen LogP contribution in [0.2, 0.25) is 12.6 Å². The van der Waals surface area contributed by atoms with Crippen molar-refractivity contribution in [3.63, 3.8) is 0 Å². The van der Waals surface area contributed by atoms with E-state index >= 15 is 0 Å².